The highest BCUT2D eigenvalue weighted by molar-refractivity contribution is 7.09. The van der Waals surface area contributed by atoms with Crippen molar-refractivity contribution in [2.45, 2.75) is 50.4 Å². The monoisotopic (exact) mass is 358 g/mol. The number of hydrogen-bond acceptors (Lipinski definition) is 5. The summed E-state index contributed by atoms with van der Waals surface area (Å²) in [5, 5.41) is 3.64. The van der Waals surface area contributed by atoms with Gasteiger partial charge in [-0.25, -0.2) is 9.97 Å². The van der Waals surface area contributed by atoms with E-state index in [4.69, 9.17) is 5.73 Å². The summed E-state index contributed by atoms with van der Waals surface area (Å²) in [5.41, 5.74) is 5.97. The largest absolute Gasteiger partial charge is 0.393 e. The lowest BCUT2D eigenvalue weighted by Gasteiger charge is -2.27. The minimum atomic E-state index is -4.31. The second kappa shape index (κ2) is 7.94. The molecule has 1 heterocycles. The maximum absolute atomic E-state index is 12.7. The van der Waals surface area contributed by atoms with Crippen molar-refractivity contribution in [2.24, 2.45) is 5.73 Å². The van der Waals surface area contributed by atoms with E-state index < -0.39 is 12.6 Å². The van der Waals surface area contributed by atoms with Crippen molar-refractivity contribution in [3.63, 3.8) is 0 Å². The van der Waals surface area contributed by atoms with Crippen LogP contribution in [0.5, 0.6) is 0 Å². The Kier molecular flexibility index (Phi) is 6.17. The Balaban J connectivity index is 2.38. The van der Waals surface area contributed by atoms with Crippen LogP contribution in [-0.2, 0) is 6.42 Å². The third kappa shape index (κ3) is 6.09. The lowest BCUT2D eigenvalue weighted by molar-refractivity contribution is -0.126. The van der Waals surface area contributed by atoms with Gasteiger partial charge in [-0.3, -0.25) is 0 Å². The predicted octanol–water partition coefficient (Wildman–Crippen LogP) is 2.27. The molecule has 0 spiro atoms. The Labute approximate surface area is 142 Å². The van der Waals surface area contributed by atoms with Gasteiger partial charge in [0.15, 0.2) is 0 Å². The normalized spacial score (nSPS) is 21.2. The van der Waals surface area contributed by atoms with E-state index in [0.29, 0.717) is 11.0 Å². The fourth-order valence-corrected chi connectivity index (χ4v) is 3.51. The highest BCUT2D eigenvalue weighted by atomic mass is 32.1. The molecule has 1 aliphatic carbocycles. The van der Waals surface area contributed by atoms with Crippen LogP contribution in [0.15, 0.2) is 12.4 Å². The molecule has 4 nitrogen and oxygen atoms in total. The molecule has 0 radical (unpaired) electrons. The molecule has 0 saturated heterocycles. The van der Waals surface area contributed by atoms with Gasteiger partial charge in [0, 0.05) is 22.2 Å². The summed E-state index contributed by atoms with van der Waals surface area (Å²) in [5.74, 6) is 0.424. The van der Waals surface area contributed by atoms with E-state index in [1.54, 1.807) is 0 Å². The van der Waals surface area contributed by atoms with E-state index in [0.717, 1.165) is 37.0 Å². The van der Waals surface area contributed by atoms with E-state index in [9.17, 15) is 13.2 Å². The first-order valence-electron chi connectivity index (χ1n) is 7.69. The summed E-state index contributed by atoms with van der Waals surface area (Å²) in [4.78, 5) is 8.25. The standard InChI is InChI=1S/C16H21F3N4S/c1-10-6-14(8-16(17,18)19)24-11(2)21-9-22-15(10)23-13-5-3-4-12(20)7-13/h6,9,12-13H,1-5,7-8,20H2,(H,21,22,23). The maximum atomic E-state index is 12.7. The van der Waals surface area contributed by atoms with Crippen LogP contribution in [0.3, 0.4) is 0 Å². The van der Waals surface area contributed by atoms with Crippen molar-refractivity contribution >= 4 is 30.3 Å². The average molecular weight is 358 g/mol. The van der Waals surface area contributed by atoms with Crippen LogP contribution in [0.1, 0.15) is 30.6 Å². The van der Waals surface area contributed by atoms with E-state index >= 15 is 0 Å². The Morgan fingerprint density at radius 1 is 1.29 bits per heavy atom. The molecule has 24 heavy (non-hydrogen) atoms. The Morgan fingerprint density at radius 3 is 2.71 bits per heavy atom. The van der Waals surface area contributed by atoms with E-state index in [1.165, 1.54) is 12.4 Å². The Bertz CT molecular complexity index is 715. The summed E-state index contributed by atoms with van der Waals surface area (Å²) in [6.45, 7) is 7.49. The predicted molar refractivity (Wildman–Crippen MR) is 91.4 cm³/mol. The molecule has 3 N–H and O–H groups in total. The second-order valence-corrected chi connectivity index (χ2v) is 7.11. The summed E-state index contributed by atoms with van der Waals surface area (Å²) < 4.78 is 38.4. The average Bonchev–Trinajstić information content (AvgIpc) is 2.49. The number of hydrogen-bond donors (Lipinski definition) is 2. The fourth-order valence-electron chi connectivity index (χ4n) is 2.67. The molecule has 0 aromatic carbocycles. The molecule has 0 bridgehead atoms. The van der Waals surface area contributed by atoms with Crippen molar-refractivity contribution in [2.75, 3.05) is 5.32 Å². The topological polar surface area (TPSA) is 63.8 Å². The number of nitrogens with one attached hydrogen (secondary N) is 1. The zero-order valence-corrected chi connectivity index (χ0v) is 14.1. The summed E-state index contributed by atoms with van der Waals surface area (Å²) in [6, 6.07) is 1.66. The van der Waals surface area contributed by atoms with Crippen molar-refractivity contribution < 1.29 is 13.2 Å². The fraction of sp³-hybridized carbons (Fsp3) is 0.500. The van der Waals surface area contributed by atoms with Crippen LogP contribution >= 0.6 is 11.3 Å². The summed E-state index contributed by atoms with van der Waals surface area (Å²) in [6.07, 6.45) is -0.337. The molecule has 0 amide bonds. The highest BCUT2D eigenvalue weighted by Gasteiger charge is 2.28. The molecule has 2 atom stereocenters. The number of rotatable bonds is 3. The minimum absolute atomic E-state index is 0.0893. The number of nitrogens with two attached hydrogens (primary N) is 1. The molecule has 1 aliphatic rings. The first-order chi connectivity index (χ1) is 11.2. The van der Waals surface area contributed by atoms with Crippen molar-refractivity contribution in [1.82, 2.24) is 9.97 Å². The van der Waals surface area contributed by atoms with Gasteiger partial charge in [0.2, 0.25) is 0 Å². The summed E-state index contributed by atoms with van der Waals surface area (Å²) >= 11 is 0.880. The van der Waals surface area contributed by atoms with Gasteiger partial charge < -0.3 is 11.1 Å². The van der Waals surface area contributed by atoms with Gasteiger partial charge in [-0.15, -0.1) is 11.3 Å². The van der Waals surface area contributed by atoms with Crippen LogP contribution in [0.4, 0.5) is 19.0 Å². The van der Waals surface area contributed by atoms with Crippen molar-refractivity contribution in [3.8, 4) is 0 Å². The molecule has 1 saturated carbocycles. The molecule has 1 aromatic rings. The lowest BCUT2D eigenvalue weighted by Crippen LogP contribution is -2.36. The van der Waals surface area contributed by atoms with E-state index in [2.05, 4.69) is 28.4 Å². The van der Waals surface area contributed by atoms with Crippen LogP contribution < -0.4 is 20.9 Å². The van der Waals surface area contributed by atoms with Crippen LogP contribution in [-0.4, -0.2) is 28.2 Å². The molecule has 0 aliphatic heterocycles. The number of anilines is 1. The Hall–Kier alpha value is -1.67. The van der Waals surface area contributed by atoms with Gasteiger partial charge >= 0.3 is 6.18 Å². The number of halogens is 3. The SMILES string of the molecule is C=c1ncnc(NC2CCCC(N)C2)c(=C)cc(CC(F)(F)F)s1. The van der Waals surface area contributed by atoms with Gasteiger partial charge in [0.1, 0.15) is 16.8 Å². The second-order valence-electron chi connectivity index (χ2n) is 5.91. The van der Waals surface area contributed by atoms with Crippen LogP contribution in [0.2, 0.25) is 0 Å². The van der Waals surface area contributed by atoms with Gasteiger partial charge in [0.25, 0.3) is 0 Å². The van der Waals surface area contributed by atoms with Gasteiger partial charge in [-0.1, -0.05) is 13.2 Å². The first-order valence-corrected chi connectivity index (χ1v) is 8.50. The minimum Gasteiger partial charge on any atom is -0.367 e. The molecule has 8 heteroatoms. The van der Waals surface area contributed by atoms with E-state index in [-0.39, 0.29) is 21.6 Å². The maximum Gasteiger partial charge on any atom is 0.393 e. The van der Waals surface area contributed by atoms with Gasteiger partial charge in [0.05, 0.1) is 6.42 Å². The number of aromatic nitrogens is 2. The molecule has 1 fully saturated rings. The smallest absolute Gasteiger partial charge is 0.367 e. The number of alkyl halides is 3. The third-order valence-electron chi connectivity index (χ3n) is 3.71. The highest BCUT2D eigenvalue weighted by Crippen LogP contribution is 2.21. The summed E-state index contributed by atoms with van der Waals surface area (Å²) in [7, 11) is 0. The van der Waals surface area contributed by atoms with Crippen molar-refractivity contribution in [1.29, 1.82) is 0 Å². The lowest BCUT2D eigenvalue weighted by atomic mass is 9.91. The Morgan fingerprint density at radius 2 is 2.04 bits per heavy atom. The van der Waals surface area contributed by atoms with Crippen molar-refractivity contribution in [3.05, 3.63) is 27.2 Å². The first kappa shape index (κ1) is 18.7. The van der Waals surface area contributed by atoms with Crippen LogP contribution in [0.25, 0.3) is 13.2 Å². The molecule has 2 unspecified atom stereocenters. The van der Waals surface area contributed by atoms with E-state index in [1.807, 2.05) is 0 Å². The quantitative estimate of drug-likeness (QED) is 0.870. The zero-order chi connectivity index (χ0) is 17.7. The molecule has 2 rings (SSSR count). The van der Waals surface area contributed by atoms with Gasteiger partial charge in [-0.2, -0.15) is 13.2 Å². The molecule has 132 valence electrons. The van der Waals surface area contributed by atoms with Gasteiger partial charge in [-0.05, 0) is 31.7 Å². The third-order valence-corrected chi connectivity index (χ3v) is 4.57. The molecule has 1 aromatic heterocycles. The van der Waals surface area contributed by atoms with Crippen LogP contribution in [0, 0.1) is 0 Å². The number of nitrogens with zero attached hydrogens (tertiary/aromatic N) is 2. The zero-order valence-electron chi connectivity index (χ0n) is 13.3. The molecular weight excluding hydrogens is 337 g/mol. The molecular formula is C16H21F3N4S.